The van der Waals surface area contributed by atoms with Gasteiger partial charge in [0.1, 0.15) is 6.54 Å². The van der Waals surface area contributed by atoms with E-state index in [-0.39, 0.29) is 0 Å². The molecule has 3 aliphatic rings. The van der Waals surface area contributed by atoms with Crippen LogP contribution in [0.3, 0.4) is 0 Å². The Morgan fingerprint density at radius 1 is 0.938 bits per heavy atom. The summed E-state index contributed by atoms with van der Waals surface area (Å²) >= 11 is 1.84. The predicted octanol–water partition coefficient (Wildman–Crippen LogP) is 1.28. The molecule has 2 heterocycles. The maximum Gasteiger partial charge on any atom is 0.186 e. The molecule has 0 radical (unpaired) electrons. The molecule has 0 fully saturated rings. The van der Waals surface area contributed by atoms with Gasteiger partial charge < -0.3 is 4.90 Å². The standard InChI is InChI=1S/C24H27N2S.ClHO4/c1-5-6-15-26-17(2)20-13-11-19(12-14-21(20)18(26)3)16-24-25(4)22-9-7-8-10-23(22)27-24;2-1(3,4)5/h7-14,16H,5-6,15H2,1-4H3;(H,2,3,4,5)/q+1;/p-1. The Hall–Kier alpha value is -2.13. The normalized spacial score (nSPS) is 14.5. The Morgan fingerprint density at radius 3 is 2.03 bits per heavy atom. The van der Waals surface area contributed by atoms with Crippen LogP contribution in [0, 0.1) is 24.1 Å². The topological polar surface area (TPSA) is 99.4 Å². The number of nitrogens with zero attached hydrogens (tertiary/aromatic N) is 2. The van der Waals surface area contributed by atoms with Gasteiger partial charge in [-0.15, -0.1) is 10.2 Å². The highest BCUT2D eigenvalue weighted by Crippen LogP contribution is 2.45. The monoisotopic (exact) mass is 474 g/mol. The molecule has 6 nitrogen and oxygen atoms in total. The van der Waals surface area contributed by atoms with E-state index in [0.29, 0.717) is 0 Å². The summed E-state index contributed by atoms with van der Waals surface area (Å²) in [5.41, 5.74) is 8.02. The molecule has 0 unspecified atom stereocenters. The van der Waals surface area contributed by atoms with Gasteiger partial charge in [0.05, 0.1) is 21.8 Å². The van der Waals surface area contributed by atoms with Crippen molar-refractivity contribution in [1.29, 1.82) is 0 Å². The van der Waals surface area contributed by atoms with Crippen molar-refractivity contribution in [2.45, 2.75) is 45.1 Å². The lowest BCUT2D eigenvalue weighted by Crippen LogP contribution is -2.68. The summed E-state index contributed by atoms with van der Waals surface area (Å²) in [7, 11) is -2.80. The van der Waals surface area contributed by atoms with E-state index < -0.39 is 10.2 Å². The van der Waals surface area contributed by atoms with Crippen molar-refractivity contribution in [2.75, 3.05) is 11.9 Å². The van der Waals surface area contributed by atoms with Crippen molar-refractivity contribution in [3.05, 3.63) is 70.5 Å². The number of hydrogen-bond donors (Lipinski definition) is 0. The van der Waals surface area contributed by atoms with Crippen LogP contribution in [0.1, 0.15) is 36.7 Å². The van der Waals surface area contributed by atoms with Gasteiger partial charge in [-0.3, -0.25) is 0 Å². The largest absolute Gasteiger partial charge is 0.338 e. The SMILES string of the molecule is CCCC[n+]1c(C)c2ccc(/C=C3/Sc4ccccc4N3C)ccc-2c1C.[O-][Cl+3]([O-])([O-])[O-]. The molecule has 0 bridgehead atoms. The zero-order valence-corrected chi connectivity index (χ0v) is 20.2. The van der Waals surface area contributed by atoms with E-state index in [2.05, 4.69) is 91.9 Å². The van der Waals surface area contributed by atoms with Crippen LogP contribution in [-0.4, -0.2) is 7.05 Å². The van der Waals surface area contributed by atoms with E-state index in [1.165, 1.54) is 56.5 Å². The quantitative estimate of drug-likeness (QED) is 0.528. The number of rotatable bonds is 4. The average molecular weight is 475 g/mol. The average Bonchev–Trinajstić information content (AvgIpc) is 3.03. The van der Waals surface area contributed by atoms with Crippen LogP contribution in [0.4, 0.5) is 5.69 Å². The van der Waals surface area contributed by atoms with Crippen LogP contribution in [0.15, 0.2) is 58.5 Å². The van der Waals surface area contributed by atoms with Gasteiger partial charge in [0.25, 0.3) is 0 Å². The third kappa shape index (κ3) is 5.81. The first-order valence-electron chi connectivity index (χ1n) is 10.4. The van der Waals surface area contributed by atoms with Crippen LogP contribution >= 0.6 is 11.8 Å². The summed E-state index contributed by atoms with van der Waals surface area (Å²) in [6.45, 7) is 7.87. The molecule has 1 aromatic rings. The van der Waals surface area contributed by atoms with Gasteiger partial charge in [-0.05, 0) is 35.9 Å². The highest BCUT2D eigenvalue weighted by molar-refractivity contribution is 8.03. The summed E-state index contributed by atoms with van der Waals surface area (Å²) < 4.78 is 36.4. The molecule has 1 aliphatic carbocycles. The second kappa shape index (κ2) is 10.2. The Morgan fingerprint density at radius 2 is 1.50 bits per heavy atom. The Kier molecular flexibility index (Phi) is 7.82. The summed E-state index contributed by atoms with van der Waals surface area (Å²) in [5.74, 6) is 0. The molecule has 8 heteroatoms. The number of unbranched alkanes of at least 4 members (excludes halogenated alkanes) is 1. The van der Waals surface area contributed by atoms with Gasteiger partial charge in [0.15, 0.2) is 11.4 Å². The molecule has 0 spiro atoms. The highest BCUT2D eigenvalue weighted by atomic mass is 35.7. The smallest absolute Gasteiger partial charge is 0.186 e. The number of para-hydroxylation sites is 1. The van der Waals surface area contributed by atoms with E-state index in [4.69, 9.17) is 18.6 Å². The number of thioether (sulfide) groups is 1. The molecule has 0 saturated heterocycles. The van der Waals surface area contributed by atoms with Crippen molar-refractivity contribution in [1.82, 2.24) is 0 Å². The third-order valence-electron chi connectivity index (χ3n) is 5.56. The molecule has 4 rings (SSSR count). The number of fused-ring (bicyclic) bond motifs is 2. The summed E-state index contributed by atoms with van der Waals surface area (Å²) in [4.78, 5) is 3.61. The van der Waals surface area contributed by atoms with E-state index in [1.54, 1.807) is 0 Å². The minimum absolute atomic E-state index is 1.11. The summed E-state index contributed by atoms with van der Waals surface area (Å²) in [5, 5.41) is 1.27. The molecular formula is C24H27ClN2O4S. The van der Waals surface area contributed by atoms with Crippen molar-refractivity contribution in [3.8, 4) is 11.1 Å². The van der Waals surface area contributed by atoms with Crippen LogP contribution in [0.25, 0.3) is 17.2 Å². The van der Waals surface area contributed by atoms with Crippen LogP contribution in [0.2, 0.25) is 0 Å². The van der Waals surface area contributed by atoms with E-state index in [9.17, 15) is 0 Å². The van der Waals surface area contributed by atoms with E-state index >= 15 is 0 Å². The molecular weight excluding hydrogens is 448 g/mol. The Bertz CT molecular complexity index is 1050. The highest BCUT2D eigenvalue weighted by Gasteiger charge is 2.25. The first-order chi connectivity index (χ1) is 15.1. The molecule has 0 N–H and O–H groups in total. The van der Waals surface area contributed by atoms with E-state index in [0.717, 1.165) is 6.54 Å². The summed E-state index contributed by atoms with van der Waals surface area (Å²) in [6, 6.07) is 17.7. The fraction of sp³-hybridized carbons (Fsp3) is 0.292. The van der Waals surface area contributed by atoms with Gasteiger partial charge in [-0.2, -0.15) is 4.57 Å². The lowest BCUT2D eigenvalue weighted by molar-refractivity contribution is -2.00. The molecule has 0 aromatic heterocycles. The molecule has 0 amide bonds. The molecule has 2 aliphatic heterocycles. The fourth-order valence-corrected chi connectivity index (χ4v) is 5.02. The van der Waals surface area contributed by atoms with Crippen LogP contribution in [0.5, 0.6) is 0 Å². The minimum Gasteiger partial charge on any atom is -0.338 e. The van der Waals surface area contributed by atoms with Gasteiger partial charge in [0, 0.05) is 32.2 Å². The first kappa shape index (κ1) is 24.5. The Labute approximate surface area is 195 Å². The lowest BCUT2D eigenvalue weighted by Gasteiger charge is -2.17. The van der Waals surface area contributed by atoms with Crippen molar-refractivity contribution >= 4 is 23.5 Å². The second-order valence-electron chi connectivity index (χ2n) is 7.66. The third-order valence-corrected chi connectivity index (χ3v) is 6.73. The predicted molar refractivity (Wildman–Crippen MR) is 116 cm³/mol. The molecule has 0 atom stereocenters. The van der Waals surface area contributed by atoms with Crippen molar-refractivity contribution in [3.63, 3.8) is 0 Å². The van der Waals surface area contributed by atoms with Gasteiger partial charge >= 0.3 is 0 Å². The second-order valence-corrected chi connectivity index (χ2v) is 9.48. The van der Waals surface area contributed by atoms with Gasteiger partial charge in [-0.1, -0.05) is 49.4 Å². The lowest BCUT2D eigenvalue weighted by atomic mass is 10.1. The van der Waals surface area contributed by atoms with Crippen LogP contribution < -0.4 is 28.1 Å². The number of aromatic nitrogens is 1. The number of benzene rings is 1. The molecule has 170 valence electrons. The molecule has 1 aromatic carbocycles. The van der Waals surface area contributed by atoms with Crippen molar-refractivity contribution < 1.29 is 33.4 Å². The molecule has 0 saturated carbocycles. The maximum absolute atomic E-state index is 8.49. The summed E-state index contributed by atoms with van der Waals surface area (Å²) in [6.07, 6.45) is 4.75. The van der Waals surface area contributed by atoms with Gasteiger partial charge in [0.2, 0.25) is 0 Å². The number of halogens is 1. The Balaban J connectivity index is 0.000000523. The van der Waals surface area contributed by atoms with Gasteiger partial charge in [-0.25, -0.2) is 18.6 Å². The molecule has 32 heavy (non-hydrogen) atoms. The fourth-order valence-electron chi connectivity index (χ4n) is 3.90. The first-order valence-corrected chi connectivity index (χ1v) is 12.4. The van der Waals surface area contributed by atoms with E-state index in [1.807, 2.05) is 11.8 Å². The number of anilines is 1. The minimum atomic E-state index is -4.94. The zero-order chi connectivity index (χ0) is 23.5. The maximum atomic E-state index is 8.49. The zero-order valence-electron chi connectivity index (χ0n) is 18.6. The number of hydrogen-bond acceptors (Lipinski definition) is 6. The van der Waals surface area contributed by atoms with Crippen molar-refractivity contribution in [2.24, 2.45) is 0 Å². The van der Waals surface area contributed by atoms with Crippen LogP contribution in [-0.2, 0) is 6.54 Å².